The Morgan fingerprint density at radius 1 is 1.24 bits per heavy atom. The Hall–Kier alpha value is -0.300. The molecule has 2 rings (SSSR count). The molecule has 2 N–H and O–H groups in total. The van der Waals surface area contributed by atoms with Crippen molar-refractivity contribution in [2.24, 2.45) is 10.4 Å². The monoisotopic (exact) mass is 407 g/mol. The molecule has 4 nitrogen and oxygen atoms in total. The molecule has 0 spiro atoms. The van der Waals surface area contributed by atoms with Gasteiger partial charge in [-0.25, -0.2) is 0 Å². The summed E-state index contributed by atoms with van der Waals surface area (Å²) in [5.41, 5.74) is 0.0583. The predicted octanol–water partition coefficient (Wildman–Crippen LogP) is 3.08. The van der Waals surface area contributed by atoms with Crippen molar-refractivity contribution in [3.8, 4) is 0 Å². The molecule has 2 unspecified atom stereocenters. The molecule has 2 aliphatic carbocycles. The average molecular weight is 407 g/mol. The van der Waals surface area contributed by atoms with Gasteiger partial charge in [0, 0.05) is 31.2 Å². The topological polar surface area (TPSA) is 45.7 Å². The maximum absolute atomic E-state index is 5.68. The van der Waals surface area contributed by atoms with E-state index < -0.39 is 0 Å². The molecule has 0 saturated heterocycles. The highest BCUT2D eigenvalue weighted by atomic mass is 127. The predicted molar refractivity (Wildman–Crippen MR) is 99.4 cm³/mol. The third-order valence-corrected chi connectivity index (χ3v) is 5.25. The summed E-state index contributed by atoms with van der Waals surface area (Å²) in [6, 6.07) is 0.893. The highest BCUT2D eigenvalue weighted by molar-refractivity contribution is 14.0. The molecular weight excluding hydrogens is 377 g/mol. The van der Waals surface area contributed by atoms with Gasteiger partial charge in [-0.1, -0.05) is 26.0 Å². The van der Waals surface area contributed by atoms with Crippen molar-refractivity contribution in [3.05, 3.63) is 12.2 Å². The second-order valence-corrected chi connectivity index (χ2v) is 6.66. The first-order chi connectivity index (χ1) is 9.43. The summed E-state index contributed by atoms with van der Waals surface area (Å²) >= 11 is 0. The lowest BCUT2D eigenvalue weighted by Gasteiger charge is -2.59. The van der Waals surface area contributed by atoms with Crippen LogP contribution in [0.3, 0.4) is 0 Å². The number of methoxy groups -OCH3 is 1. The zero-order chi connectivity index (χ0) is 14.8. The third kappa shape index (κ3) is 3.73. The fourth-order valence-corrected chi connectivity index (χ4v) is 3.11. The van der Waals surface area contributed by atoms with Crippen molar-refractivity contribution >= 4 is 29.9 Å². The van der Waals surface area contributed by atoms with Gasteiger partial charge >= 0.3 is 0 Å². The minimum Gasteiger partial charge on any atom is -0.378 e. The van der Waals surface area contributed by atoms with E-state index in [1.807, 2.05) is 7.11 Å². The van der Waals surface area contributed by atoms with E-state index in [1.54, 1.807) is 0 Å². The number of guanidine groups is 1. The molecule has 0 aromatic rings. The summed E-state index contributed by atoms with van der Waals surface area (Å²) in [4.78, 5) is 4.57. The van der Waals surface area contributed by atoms with Crippen LogP contribution in [-0.4, -0.2) is 37.3 Å². The van der Waals surface area contributed by atoms with Crippen molar-refractivity contribution in [1.82, 2.24) is 10.6 Å². The average Bonchev–Trinajstić information content (AvgIpc) is 2.91. The van der Waals surface area contributed by atoms with Gasteiger partial charge in [0.05, 0.1) is 5.60 Å². The molecule has 0 aliphatic heterocycles. The van der Waals surface area contributed by atoms with Crippen LogP contribution in [0.4, 0.5) is 0 Å². The second kappa shape index (κ2) is 7.31. The Morgan fingerprint density at radius 2 is 1.86 bits per heavy atom. The molecule has 0 aromatic heterocycles. The summed E-state index contributed by atoms with van der Waals surface area (Å²) in [7, 11) is 1.81. The van der Waals surface area contributed by atoms with E-state index >= 15 is 0 Å². The fraction of sp³-hybridized carbons (Fsp3) is 0.812. The van der Waals surface area contributed by atoms with Crippen LogP contribution in [0, 0.1) is 5.41 Å². The van der Waals surface area contributed by atoms with Crippen LogP contribution in [0.1, 0.15) is 47.0 Å². The van der Waals surface area contributed by atoms with Crippen LogP contribution in [0.2, 0.25) is 0 Å². The van der Waals surface area contributed by atoms with E-state index in [1.165, 1.54) is 0 Å². The van der Waals surface area contributed by atoms with Crippen LogP contribution >= 0.6 is 24.0 Å². The van der Waals surface area contributed by atoms with Gasteiger partial charge in [0.2, 0.25) is 0 Å². The Balaban J connectivity index is 0.00000220. The smallest absolute Gasteiger partial charge is 0.191 e. The normalized spacial score (nSPS) is 31.5. The molecule has 21 heavy (non-hydrogen) atoms. The molecule has 0 heterocycles. The van der Waals surface area contributed by atoms with Gasteiger partial charge in [0.1, 0.15) is 0 Å². The lowest BCUT2D eigenvalue weighted by molar-refractivity contribution is -0.176. The molecule has 1 fully saturated rings. The van der Waals surface area contributed by atoms with Gasteiger partial charge in [0.15, 0.2) is 5.96 Å². The van der Waals surface area contributed by atoms with E-state index in [-0.39, 0.29) is 35.0 Å². The molecular formula is C16H30IN3O. The van der Waals surface area contributed by atoms with Crippen LogP contribution in [0.5, 0.6) is 0 Å². The van der Waals surface area contributed by atoms with Gasteiger partial charge < -0.3 is 15.4 Å². The molecule has 5 heteroatoms. The number of nitrogens with zero attached hydrogens (tertiary/aromatic N) is 1. The van der Waals surface area contributed by atoms with E-state index in [9.17, 15) is 0 Å². The number of aliphatic imine (C=N–C) groups is 1. The largest absolute Gasteiger partial charge is 0.378 e. The number of hydrogen-bond acceptors (Lipinski definition) is 2. The van der Waals surface area contributed by atoms with E-state index in [2.05, 4.69) is 55.5 Å². The third-order valence-electron chi connectivity index (χ3n) is 5.25. The minimum atomic E-state index is -0.0447. The Bertz CT molecular complexity index is 400. The molecule has 2 atom stereocenters. The molecule has 2 aliphatic rings. The summed E-state index contributed by atoms with van der Waals surface area (Å²) in [5.74, 6) is 0.942. The van der Waals surface area contributed by atoms with E-state index in [0.717, 1.165) is 31.8 Å². The molecule has 0 bridgehead atoms. The summed E-state index contributed by atoms with van der Waals surface area (Å²) < 4.78 is 5.68. The van der Waals surface area contributed by atoms with Gasteiger partial charge in [0.25, 0.3) is 0 Å². The molecule has 0 amide bonds. The highest BCUT2D eigenvalue weighted by Crippen LogP contribution is 2.51. The summed E-state index contributed by atoms with van der Waals surface area (Å²) in [6.45, 7) is 9.58. The van der Waals surface area contributed by atoms with Crippen molar-refractivity contribution < 1.29 is 4.74 Å². The van der Waals surface area contributed by atoms with Crippen LogP contribution in [0.25, 0.3) is 0 Å². The standard InChI is InChI=1S/C16H29N3O.HI/c1-6-17-14(18-12-9-7-8-10-12)19-13-11-16(4,20-5)15(13,2)3;/h7-8,12-13H,6,9-11H2,1-5H3,(H2,17,18,19);1H. The Morgan fingerprint density at radius 3 is 2.33 bits per heavy atom. The molecule has 0 radical (unpaired) electrons. The number of rotatable bonds is 4. The maximum atomic E-state index is 5.68. The van der Waals surface area contributed by atoms with Crippen LogP contribution in [-0.2, 0) is 4.74 Å². The number of halogens is 1. The quantitative estimate of drug-likeness (QED) is 0.326. The second-order valence-electron chi connectivity index (χ2n) is 6.66. The lowest BCUT2D eigenvalue weighted by Crippen LogP contribution is -2.69. The molecule has 0 aromatic carbocycles. The number of nitrogens with one attached hydrogen (secondary N) is 2. The first-order valence-electron chi connectivity index (χ1n) is 7.70. The first kappa shape index (κ1) is 18.7. The highest BCUT2D eigenvalue weighted by Gasteiger charge is 2.58. The Labute approximate surface area is 146 Å². The van der Waals surface area contributed by atoms with Crippen LogP contribution < -0.4 is 10.6 Å². The molecule has 1 saturated carbocycles. The van der Waals surface area contributed by atoms with Gasteiger partial charge in [-0.15, -0.1) is 24.0 Å². The summed E-state index contributed by atoms with van der Waals surface area (Å²) in [5, 5.41) is 7.13. The van der Waals surface area contributed by atoms with Crippen molar-refractivity contribution in [2.45, 2.75) is 64.6 Å². The maximum Gasteiger partial charge on any atom is 0.191 e. The number of hydrogen-bond donors (Lipinski definition) is 2. The van der Waals surface area contributed by atoms with E-state index in [0.29, 0.717) is 12.1 Å². The summed E-state index contributed by atoms with van der Waals surface area (Å²) in [6.07, 6.45) is 7.67. The van der Waals surface area contributed by atoms with Crippen molar-refractivity contribution in [2.75, 3.05) is 13.7 Å². The van der Waals surface area contributed by atoms with Gasteiger partial charge in [-0.3, -0.25) is 4.99 Å². The minimum absolute atomic E-state index is 0. The lowest BCUT2D eigenvalue weighted by atomic mass is 9.56. The zero-order valence-electron chi connectivity index (χ0n) is 13.9. The first-order valence-corrected chi connectivity index (χ1v) is 7.70. The SMILES string of the molecule is CCN=C(NC1CC=CC1)NC1CC(C)(OC)C1(C)C.I. The zero-order valence-corrected chi connectivity index (χ0v) is 16.2. The Kier molecular flexibility index (Phi) is 6.53. The van der Waals surface area contributed by atoms with Crippen LogP contribution in [0.15, 0.2) is 17.1 Å². The van der Waals surface area contributed by atoms with Crippen molar-refractivity contribution in [3.63, 3.8) is 0 Å². The fourth-order valence-electron chi connectivity index (χ4n) is 3.11. The van der Waals surface area contributed by atoms with Gasteiger partial charge in [-0.05, 0) is 33.1 Å². The molecule has 122 valence electrons. The van der Waals surface area contributed by atoms with Crippen molar-refractivity contribution in [1.29, 1.82) is 0 Å². The van der Waals surface area contributed by atoms with Gasteiger partial charge in [-0.2, -0.15) is 0 Å². The number of ether oxygens (including phenoxy) is 1. The van der Waals surface area contributed by atoms with E-state index in [4.69, 9.17) is 4.74 Å².